The third-order valence-corrected chi connectivity index (χ3v) is 4.23. The molecule has 23 heavy (non-hydrogen) atoms. The zero-order chi connectivity index (χ0) is 17.1. The van der Waals surface area contributed by atoms with Crippen LogP contribution in [0.3, 0.4) is 0 Å². The summed E-state index contributed by atoms with van der Waals surface area (Å²) in [7, 11) is 1.24. The number of halogens is 2. The summed E-state index contributed by atoms with van der Waals surface area (Å²) < 4.78 is 28.0. The molecule has 1 aromatic rings. The summed E-state index contributed by atoms with van der Waals surface area (Å²) in [6, 6.07) is 0.648. The van der Waals surface area contributed by atoms with Crippen LogP contribution in [-0.4, -0.2) is 23.9 Å². The minimum atomic E-state index is -1.43. The molecular weight excluding hydrogens is 308 g/mol. The highest BCUT2D eigenvalue weighted by atomic mass is 19.2. The fourth-order valence-electron chi connectivity index (χ4n) is 2.83. The smallest absolute Gasteiger partial charge is 0.296 e. The molecule has 1 aliphatic rings. The summed E-state index contributed by atoms with van der Waals surface area (Å²) in [4.78, 5) is 22.3. The van der Waals surface area contributed by atoms with Gasteiger partial charge in [-0.1, -0.05) is 6.92 Å². The molecule has 0 spiro atoms. The first kappa shape index (κ1) is 17.1. The fourth-order valence-corrected chi connectivity index (χ4v) is 2.83. The van der Waals surface area contributed by atoms with Crippen LogP contribution in [0.1, 0.15) is 43.0 Å². The number of benzene rings is 1. The van der Waals surface area contributed by atoms with Crippen molar-refractivity contribution in [3.63, 3.8) is 0 Å². The Labute approximate surface area is 132 Å². The molecule has 0 aliphatic heterocycles. The molecule has 0 heterocycles. The predicted molar refractivity (Wildman–Crippen MR) is 81.4 cm³/mol. The van der Waals surface area contributed by atoms with Gasteiger partial charge in [-0.15, -0.1) is 0 Å². The van der Waals surface area contributed by atoms with Crippen molar-refractivity contribution in [1.82, 2.24) is 5.32 Å². The van der Waals surface area contributed by atoms with Crippen molar-refractivity contribution in [1.29, 1.82) is 0 Å². The highest BCUT2D eigenvalue weighted by Gasteiger charge is 2.29. The number of nitro benzene ring substituents is 1. The molecule has 0 saturated heterocycles. The first-order chi connectivity index (χ1) is 10.8. The molecule has 1 amide bonds. The van der Waals surface area contributed by atoms with Gasteiger partial charge < -0.3 is 10.6 Å². The Morgan fingerprint density at radius 1 is 1.26 bits per heavy atom. The molecule has 0 atom stereocenters. The van der Waals surface area contributed by atoms with Crippen molar-refractivity contribution in [3.8, 4) is 0 Å². The zero-order valence-electron chi connectivity index (χ0n) is 13.0. The van der Waals surface area contributed by atoms with Crippen molar-refractivity contribution in [2.45, 2.75) is 38.6 Å². The first-order valence-electron chi connectivity index (χ1n) is 7.50. The van der Waals surface area contributed by atoms with Gasteiger partial charge in [0.1, 0.15) is 0 Å². The van der Waals surface area contributed by atoms with Crippen LogP contribution in [0.25, 0.3) is 0 Å². The average molecular weight is 327 g/mol. The second kappa shape index (κ2) is 6.89. The molecule has 2 rings (SSSR count). The summed E-state index contributed by atoms with van der Waals surface area (Å²) in [5, 5.41) is 15.9. The second-order valence-corrected chi connectivity index (χ2v) is 5.88. The van der Waals surface area contributed by atoms with E-state index in [1.54, 1.807) is 0 Å². The Balaban J connectivity index is 2.28. The van der Waals surface area contributed by atoms with Gasteiger partial charge in [-0.3, -0.25) is 14.9 Å². The minimum absolute atomic E-state index is 0.121. The number of hydrogen-bond acceptors (Lipinski definition) is 4. The van der Waals surface area contributed by atoms with Crippen LogP contribution in [0.2, 0.25) is 0 Å². The standard InChI is InChI=1S/C15H19F2N3O3/c1-8-3-5-9(6-4-8)19-15(21)10-7-11(20(22)23)14(18-2)13(17)12(10)16/h7-9,18H,3-6H2,1-2H3,(H,19,21). The lowest BCUT2D eigenvalue weighted by Gasteiger charge is -2.27. The van der Waals surface area contributed by atoms with E-state index >= 15 is 0 Å². The van der Waals surface area contributed by atoms with E-state index < -0.39 is 39.4 Å². The number of anilines is 1. The van der Waals surface area contributed by atoms with Gasteiger partial charge in [0, 0.05) is 19.2 Å². The van der Waals surface area contributed by atoms with Gasteiger partial charge in [0.05, 0.1) is 10.5 Å². The van der Waals surface area contributed by atoms with Crippen LogP contribution in [0.5, 0.6) is 0 Å². The monoisotopic (exact) mass is 327 g/mol. The lowest BCUT2D eigenvalue weighted by Crippen LogP contribution is -2.37. The van der Waals surface area contributed by atoms with Crippen molar-refractivity contribution in [2.75, 3.05) is 12.4 Å². The Morgan fingerprint density at radius 2 is 1.87 bits per heavy atom. The Kier molecular flexibility index (Phi) is 5.12. The molecule has 1 fully saturated rings. The molecule has 1 aliphatic carbocycles. The zero-order valence-corrected chi connectivity index (χ0v) is 13.0. The van der Waals surface area contributed by atoms with Crippen LogP contribution in [0, 0.1) is 27.7 Å². The molecule has 0 radical (unpaired) electrons. The Morgan fingerprint density at radius 3 is 2.39 bits per heavy atom. The molecule has 8 heteroatoms. The summed E-state index contributed by atoms with van der Waals surface area (Å²) in [6.07, 6.45) is 3.41. The van der Waals surface area contributed by atoms with Crippen LogP contribution < -0.4 is 10.6 Å². The quantitative estimate of drug-likeness (QED) is 0.657. The van der Waals surface area contributed by atoms with E-state index in [0.29, 0.717) is 5.92 Å². The van der Waals surface area contributed by atoms with Crippen LogP contribution in [-0.2, 0) is 0 Å². The average Bonchev–Trinajstić information content (AvgIpc) is 2.51. The van der Waals surface area contributed by atoms with Crippen molar-refractivity contribution in [3.05, 3.63) is 33.4 Å². The van der Waals surface area contributed by atoms with Gasteiger partial charge in [0.15, 0.2) is 17.3 Å². The van der Waals surface area contributed by atoms with E-state index in [-0.39, 0.29) is 6.04 Å². The van der Waals surface area contributed by atoms with Crippen LogP contribution >= 0.6 is 0 Å². The Bertz CT molecular complexity index is 629. The number of carbonyl (C=O) groups excluding carboxylic acids is 1. The molecule has 2 N–H and O–H groups in total. The fraction of sp³-hybridized carbons (Fsp3) is 0.533. The van der Waals surface area contributed by atoms with Crippen molar-refractivity contribution in [2.24, 2.45) is 5.92 Å². The maximum atomic E-state index is 14.1. The number of nitro groups is 1. The van der Waals surface area contributed by atoms with Crippen molar-refractivity contribution >= 4 is 17.3 Å². The van der Waals surface area contributed by atoms with E-state index in [9.17, 15) is 23.7 Å². The molecule has 0 aromatic heterocycles. The normalized spacial score (nSPS) is 20.9. The summed E-state index contributed by atoms with van der Waals surface area (Å²) in [5.41, 5.74) is -1.89. The molecule has 1 saturated carbocycles. The summed E-state index contributed by atoms with van der Waals surface area (Å²) in [5.74, 6) is -3.06. The van der Waals surface area contributed by atoms with Gasteiger partial charge in [0.25, 0.3) is 11.6 Å². The molecular formula is C15H19F2N3O3. The third-order valence-electron chi connectivity index (χ3n) is 4.23. The topological polar surface area (TPSA) is 84.3 Å². The molecule has 0 bridgehead atoms. The van der Waals surface area contributed by atoms with Crippen LogP contribution in [0.4, 0.5) is 20.2 Å². The first-order valence-corrected chi connectivity index (χ1v) is 7.50. The number of carbonyl (C=O) groups is 1. The molecule has 0 unspecified atom stereocenters. The lowest BCUT2D eigenvalue weighted by molar-refractivity contribution is -0.384. The van der Waals surface area contributed by atoms with Gasteiger partial charge in [-0.05, 0) is 31.6 Å². The third kappa shape index (κ3) is 3.57. The maximum absolute atomic E-state index is 14.1. The Hall–Kier alpha value is -2.25. The van der Waals surface area contributed by atoms with Crippen molar-refractivity contribution < 1.29 is 18.5 Å². The lowest BCUT2D eigenvalue weighted by atomic mass is 9.87. The van der Waals surface area contributed by atoms with Gasteiger partial charge in [-0.2, -0.15) is 0 Å². The summed E-state index contributed by atoms with van der Waals surface area (Å²) in [6.45, 7) is 2.12. The number of nitrogens with zero attached hydrogens (tertiary/aromatic N) is 1. The maximum Gasteiger partial charge on any atom is 0.296 e. The van der Waals surface area contributed by atoms with E-state index in [4.69, 9.17) is 0 Å². The highest BCUT2D eigenvalue weighted by Crippen LogP contribution is 2.31. The van der Waals surface area contributed by atoms with Gasteiger partial charge in [0.2, 0.25) is 0 Å². The molecule has 126 valence electrons. The van der Waals surface area contributed by atoms with Gasteiger partial charge in [-0.25, -0.2) is 8.78 Å². The number of nitrogens with one attached hydrogen (secondary N) is 2. The molecule has 1 aromatic carbocycles. The van der Waals surface area contributed by atoms with Crippen LogP contribution in [0.15, 0.2) is 6.07 Å². The van der Waals surface area contributed by atoms with E-state index in [0.717, 1.165) is 31.7 Å². The number of hydrogen-bond donors (Lipinski definition) is 2. The second-order valence-electron chi connectivity index (χ2n) is 5.88. The number of rotatable bonds is 4. The minimum Gasteiger partial charge on any atom is -0.380 e. The number of amides is 1. The van der Waals surface area contributed by atoms with Gasteiger partial charge >= 0.3 is 0 Å². The molecule has 6 nitrogen and oxygen atoms in total. The summed E-state index contributed by atoms with van der Waals surface area (Å²) >= 11 is 0. The van der Waals surface area contributed by atoms with E-state index in [1.807, 2.05) is 0 Å². The van der Waals surface area contributed by atoms with E-state index in [1.165, 1.54) is 7.05 Å². The van der Waals surface area contributed by atoms with E-state index in [2.05, 4.69) is 17.6 Å². The largest absolute Gasteiger partial charge is 0.380 e. The SMILES string of the molecule is CNc1c([N+](=O)[O-])cc(C(=O)NC2CCC(C)CC2)c(F)c1F. The highest BCUT2D eigenvalue weighted by molar-refractivity contribution is 5.96. The predicted octanol–water partition coefficient (Wildman–Crippen LogP) is 3.22.